The fraction of sp³-hybridized carbons (Fsp3) is 0.333. The molecule has 0 aliphatic carbocycles. The highest BCUT2D eigenvalue weighted by Gasteiger charge is 2.21. The van der Waals surface area contributed by atoms with Crippen LogP contribution in [0.4, 0.5) is 0 Å². The molecule has 21 heavy (non-hydrogen) atoms. The molecule has 0 aromatic heterocycles. The van der Waals surface area contributed by atoms with Gasteiger partial charge in [0, 0.05) is 5.56 Å². The number of phenols is 1. The van der Waals surface area contributed by atoms with Gasteiger partial charge in [-0.3, -0.25) is 0 Å². The first-order chi connectivity index (χ1) is 10.1. The fourth-order valence-electron chi connectivity index (χ4n) is 2.48. The normalized spacial score (nSPS) is 18.7. The molecule has 0 amide bonds. The predicted molar refractivity (Wildman–Crippen MR) is 85.0 cm³/mol. The van der Waals surface area contributed by atoms with Gasteiger partial charge in [-0.05, 0) is 37.0 Å². The molecular weight excluding hydrogens is 264 g/mol. The van der Waals surface area contributed by atoms with Gasteiger partial charge in [-0.15, -0.1) is 0 Å². The van der Waals surface area contributed by atoms with Crippen molar-refractivity contribution < 1.29 is 14.9 Å². The number of ether oxygens (including phenoxy) is 1. The monoisotopic (exact) mass is 286 g/mol. The Morgan fingerprint density at radius 3 is 2.90 bits per heavy atom. The number of phenolic OH excluding ortho intramolecular Hbond substituents is 1. The van der Waals surface area contributed by atoms with Crippen LogP contribution in [0.15, 0.2) is 53.6 Å². The van der Waals surface area contributed by atoms with Crippen LogP contribution < -0.4 is 0 Å². The molecule has 1 aromatic rings. The lowest BCUT2D eigenvalue weighted by atomic mass is 9.97. The third-order valence-electron chi connectivity index (χ3n) is 3.69. The molecule has 3 nitrogen and oxygen atoms in total. The third kappa shape index (κ3) is 4.06. The van der Waals surface area contributed by atoms with E-state index in [1.807, 2.05) is 37.3 Å². The van der Waals surface area contributed by atoms with Crippen molar-refractivity contribution in [3.8, 4) is 5.75 Å². The third-order valence-corrected chi connectivity index (χ3v) is 3.69. The van der Waals surface area contributed by atoms with Crippen molar-refractivity contribution in [1.29, 1.82) is 0 Å². The zero-order valence-corrected chi connectivity index (χ0v) is 12.4. The second kappa shape index (κ2) is 7.25. The first kappa shape index (κ1) is 15.5. The number of aromatic hydroxyl groups is 1. The zero-order chi connectivity index (χ0) is 15.2. The van der Waals surface area contributed by atoms with Gasteiger partial charge >= 0.3 is 0 Å². The maximum atomic E-state index is 9.77. The highest BCUT2D eigenvalue weighted by Crippen LogP contribution is 2.27. The Bertz CT molecular complexity index is 570. The van der Waals surface area contributed by atoms with Gasteiger partial charge in [0.2, 0.25) is 0 Å². The van der Waals surface area contributed by atoms with Crippen molar-refractivity contribution in [1.82, 2.24) is 0 Å². The minimum absolute atomic E-state index is 0.0115. The summed E-state index contributed by atoms with van der Waals surface area (Å²) in [6, 6.07) is 7.30. The standard InChI is InChI=1S/C18H22O3/c1-13(11-15-5-3-4-6-17(15)20)7-8-18-16(9-10-21-18)14(2)12-19/h3-6,9,11,18-20H,2,7-8,10,12H2,1H3/b13-11+. The fourth-order valence-corrected chi connectivity index (χ4v) is 2.48. The highest BCUT2D eigenvalue weighted by atomic mass is 16.5. The molecule has 2 rings (SSSR count). The van der Waals surface area contributed by atoms with Crippen molar-refractivity contribution >= 4 is 6.08 Å². The van der Waals surface area contributed by atoms with E-state index < -0.39 is 0 Å². The molecule has 1 aromatic carbocycles. The van der Waals surface area contributed by atoms with Gasteiger partial charge in [-0.1, -0.05) is 42.5 Å². The van der Waals surface area contributed by atoms with Crippen molar-refractivity contribution in [2.45, 2.75) is 25.9 Å². The Balaban J connectivity index is 1.95. The van der Waals surface area contributed by atoms with Crippen molar-refractivity contribution in [2.24, 2.45) is 0 Å². The van der Waals surface area contributed by atoms with Crippen LogP contribution in [0, 0.1) is 0 Å². The number of hydrogen-bond acceptors (Lipinski definition) is 3. The van der Waals surface area contributed by atoms with Crippen LogP contribution in [0.2, 0.25) is 0 Å². The topological polar surface area (TPSA) is 49.7 Å². The molecular formula is C18H22O3. The van der Waals surface area contributed by atoms with Crippen LogP contribution in [-0.2, 0) is 4.74 Å². The smallest absolute Gasteiger partial charge is 0.122 e. The van der Waals surface area contributed by atoms with E-state index in [0.29, 0.717) is 12.4 Å². The summed E-state index contributed by atoms with van der Waals surface area (Å²) in [6.45, 7) is 6.47. The Morgan fingerprint density at radius 2 is 2.19 bits per heavy atom. The molecule has 0 bridgehead atoms. The van der Waals surface area contributed by atoms with E-state index in [0.717, 1.165) is 29.6 Å². The van der Waals surface area contributed by atoms with Crippen LogP contribution in [0.25, 0.3) is 6.08 Å². The SMILES string of the molecule is C=C(CO)C1=CCOC1CC/C(C)=C/c1ccccc1O. The van der Waals surface area contributed by atoms with E-state index in [9.17, 15) is 10.2 Å². The van der Waals surface area contributed by atoms with E-state index in [2.05, 4.69) is 6.58 Å². The molecule has 0 fully saturated rings. The molecule has 0 saturated carbocycles. The molecule has 112 valence electrons. The average molecular weight is 286 g/mol. The second-order valence-corrected chi connectivity index (χ2v) is 5.33. The van der Waals surface area contributed by atoms with Crippen LogP contribution >= 0.6 is 0 Å². The number of aliphatic hydroxyl groups is 1. The van der Waals surface area contributed by atoms with Crippen LogP contribution in [0.5, 0.6) is 5.75 Å². The first-order valence-electron chi connectivity index (χ1n) is 7.17. The van der Waals surface area contributed by atoms with Crippen molar-refractivity contribution in [2.75, 3.05) is 13.2 Å². The van der Waals surface area contributed by atoms with Crippen LogP contribution in [-0.4, -0.2) is 29.5 Å². The summed E-state index contributed by atoms with van der Waals surface area (Å²) in [5, 5.41) is 18.9. The quantitative estimate of drug-likeness (QED) is 0.842. The lowest BCUT2D eigenvalue weighted by molar-refractivity contribution is 0.116. The van der Waals surface area contributed by atoms with Gasteiger partial charge in [-0.2, -0.15) is 0 Å². The summed E-state index contributed by atoms with van der Waals surface area (Å²) in [7, 11) is 0. The summed E-state index contributed by atoms with van der Waals surface area (Å²) in [5.41, 5.74) is 3.77. The number of aliphatic hydroxyl groups excluding tert-OH is 1. The number of hydrogen-bond donors (Lipinski definition) is 2. The maximum absolute atomic E-state index is 9.77. The Hall–Kier alpha value is -1.84. The second-order valence-electron chi connectivity index (χ2n) is 5.33. The number of para-hydroxylation sites is 1. The molecule has 1 aliphatic rings. The van der Waals surface area contributed by atoms with Gasteiger partial charge in [0.05, 0.1) is 19.3 Å². The molecule has 1 aliphatic heterocycles. The summed E-state index contributed by atoms with van der Waals surface area (Å²) in [4.78, 5) is 0. The van der Waals surface area contributed by atoms with Crippen LogP contribution in [0.3, 0.4) is 0 Å². The molecule has 0 radical (unpaired) electrons. The summed E-state index contributed by atoms with van der Waals surface area (Å²) >= 11 is 0. The molecule has 1 atom stereocenters. The predicted octanol–water partition coefficient (Wildman–Crippen LogP) is 3.45. The van der Waals surface area contributed by atoms with Gasteiger partial charge < -0.3 is 14.9 Å². The Labute approximate surface area is 125 Å². The van der Waals surface area contributed by atoms with Gasteiger partial charge in [0.15, 0.2) is 0 Å². The van der Waals surface area contributed by atoms with E-state index >= 15 is 0 Å². The minimum atomic E-state index is -0.0294. The first-order valence-corrected chi connectivity index (χ1v) is 7.17. The number of rotatable bonds is 6. The number of benzene rings is 1. The lowest BCUT2D eigenvalue weighted by Crippen LogP contribution is -2.12. The van der Waals surface area contributed by atoms with E-state index in [4.69, 9.17) is 4.74 Å². The molecule has 2 N–H and O–H groups in total. The minimum Gasteiger partial charge on any atom is -0.507 e. The molecule has 3 heteroatoms. The van der Waals surface area contributed by atoms with Crippen molar-refractivity contribution in [3.63, 3.8) is 0 Å². The largest absolute Gasteiger partial charge is 0.507 e. The van der Waals surface area contributed by atoms with Crippen molar-refractivity contribution in [3.05, 3.63) is 59.2 Å². The van der Waals surface area contributed by atoms with Crippen LogP contribution in [0.1, 0.15) is 25.3 Å². The van der Waals surface area contributed by atoms with Gasteiger partial charge in [0.1, 0.15) is 5.75 Å². The van der Waals surface area contributed by atoms with Gasteiger partial charge in [0.25, 0.3) is 0 Å². The molecule has 1 heterocycles. The van der Waals surface area contributed by atoms with E-state index in [1.54, 1.807) is 6.07 Å². The summed E-state index contributed by atoms with van der Waals surface area (Å²) in [6.07, 6.45) is 5.72. The Kier molecular flexibility index (Phi) is 5.37. The zero-order valence-electron chi connectivity index (χ0n) is 12.4. The molecule has 1 unspecified atom stereocenters. The van der Waals surface area contributed by atoms with E-state index in [-0.39, 0.29) is 12.7 Å². The molecule has 0 saturated heterocycles. The average Bonchev–Trinajstić information content (AvgIpc) is 2.95. The maximum Gasteiger partial charge on any atom is 0.122 e. The summed E-state index contributed by atoms with van der Waals surface area (Å²) < 4.78 is 5.67. The number of allylic oxidation sites excluding steroid dienone is 1. The highest BCUT2D eigenvalue weighted by molar-refractivity contribution is 5.58. The summed E-state index contributed by atoms with van der Waals surface area (Å²) in [5.74, 6) is 0.295. The Morgan fingerprint density at radius 1 is 1.43 bits per heavy atom. The van der Waals surface area contributed by atoms with E-state index in [1.165, 1.54) is 5.57 Å². The van der Waals surface area contributed by atoms with Gasteiger partial charge in [-0.25, -0.2) is 0 Å². The molecule has 0 spiro atoms. The lowest BCUT2D eigenvalue weighted by Gasteiger charge is -2.15.